The SMILES string of the molecule is COC(=O)CCCNC(=O)c1cc2c(s1)CCC(C(C)(C)C)C2. The normalized spacial score (nSPS) is 17.5. The van der Waals surface area contributed by atoms with Gasteiger partial charge in [-0.05, 0) is 48.6 Å². The highest BCUT2D eigenvalue weighted by Crippen LogP contribution is 2.40. The molecule has 1 N–H and O–H groups in total. The average molecular weight is 337 g/mol. The van der Waals surface area contributed by atoms with Crippen molar-refractivity contribution in [2.24, 2.45) is 11.3 Å². The van der Waals surface area contributed by atoms with Gasteiger partial charge in [0.05, 0.1) is 12.0 Å². The van der Waals surface area contributed by atoms with E-state index in [0.717, 1.165) is 17.7 Å². The summed E-state index contributed by atoms with van der Waals surface area (Å²) in [6, 6.07) is 2.06. The third-order valence-corrected chi connectivity index (χ3v) is 5.84. The minimum atomic E-state index is -0.237. The zero-order chi connectivity index (χ0) is 17.0. The number of carbonyl (C=O) groups is 2. The number of carbonyl (C=O) groups excluding carboxylic acids is 2. The monoisotopic (exact) mass is 337 g/mol. The van der Waals surface area contributed by atoms with Gasteiger partial charge < -0.3 is 10.1 Å². The fourth-order valence-corrected chi connectivity index (χ4v) is 4.12. The van der Waals surface area contributed by atoms with E-state index in [0.29, 0.717) is 30.7 Å². The molecule has 0 bridgehead atoms. The van der Waals surface area contributed by atoms with Gasteiger partial charge in [-0.1, -0.05) is 20.8 Å². The lowest BCUT2D eigenvalue weighted by Crippen LogP contribution is -2.26. The summed E-state index contributed by atoms with van der Waals surface area (Å²) in [5, 5.41) is 2.89. The fourth-order valence-electron chi connectivity index (χ4n) is 3.00. The van der Waals surface area contributed by atoms with Gasteiger partial charge in [0.25, 0.3) is 5.91 Å². The van der Waals surface area contributed by atoms with Gasteiger partial charge in [-0.15, -0.1) is 11.3 Å². The third kappa shape index (κ3) is 4.80. The van der Waals surface area contributed by atoms with E-state index in [4.69, 9.17) is 0 Å². The third-order valence-electron chi connectivity index (χ3n) is 4.60. The van der Waals surface area contributed by atoms with E-state index in [2.05, 4.69) is 36.9 Å². The Hall–Kier alpha value is -1.36. The highest BCUT2D eigenvalue weighted by atomic mass is 32.1. The summed E-state index contributed by atoms with van der Waals surface area (Å²) < 4.78 is 4.58. The van der Waals surface area contributed by atoms with Crippen LogP contribution >= 0.6 is 11.3 Å². The number of fused-ring (bicyclic) bond motifs is 1. The Labute approximate surface area is 142 Å². The number of esters is 1. The molecule has 0 fully saturated rings. The van der Waals surface area contributed by atoms with Gasteiger partial charge in [0.15, 0.2) is 0 Å². The maximum absolute atomic E-state index is 12.2. The minimum Gasteiger partial charge on any atom is -0.469 e. The van der Waals surface area contributed by atoms with Gasteiger partial charge in [-0.3, -0.25) is 9.59 Å². The molecule has 1 amide bonds. The van der Waals surface area contributed by atoms with Crippen molar-refractivity contribution in [1.82, 2.24) is 5.32 Å². The van der Waals surface area contributed by atoms with Crippen LogP contribution in [0.25, 0.3) is 0 Å². The highest BCUT2D eigenvalue weighted by molar-refractivity contribution is 7.14. The van der Waals surface area contributed by atoms with Crippen LogP contribution < -0.4 is 5.32 Å². The van der Waals surface area contributed by atoms with E-state index in [1.54, 1.807) is 11.3 Å². The molecule has 1 aromatic heterocycles. The number of thiophene rings is 1. The first-order chi connectivity index (χ1) is 10.8. The zero-order valence-electron chi connectivity index (χ0n) is 14.5. The van der Waals surface area contributed by atoms with Gasteiger partial charge in [0, 0.05) is 17.8 Å². The number of methoxy groups -OCH3 is 1. The molecule has 1 unspecified atom stereocenters. The molecule has 1 aliphatic carbocycles. The van der Waals surface area contributed by atoms with Crippen molar-refractivity contribution < 1.29 is 14.3 Å². The predicted octanol–water partition coefficient (Wildman–Crippen LogP) is 3.58. The molecule has 0 aromatic carbocycles. The van der Waals surface area contributed by atoms with Crippen molar-refractivity contribution in [2.75, 3.05) is 13.7 Å². The Bertz CT molecular complexity index is 571. The van der Waals surface area contributed by atoms with Crippen molar-refractivity contribution in [3.63, 3.8) is 0 Å². The van der Waals surface area contributed by atoms with Gasteiger partial charge in [0.1, 0.15) is 0 Å². The van der Waals surface area contributed by atoms with E-state index >= 15 is 0 Å². The molecule has 4 nitrogen and oxygen atoms in total. The molecule has 1 atom stereocenters. The molecule has 2 rings (SSSR count). The standard InChI is InChI=1S/C18H27NO3S/c1-18(2,3)13-7-8-14-12(10-13)11-15(23-14)17(21)19-9-5-6-16(20)22-4/h11,13H,5-10H2,1-4H3,(H,19,21). The number of nitrogens with one attached hydrogen (secondary N) is 1. The van der Waals surface area contributed by atoms with E-state index < -0.39 is 0 Å². The summed E-state index contributed by atoms with van der Waals surface area (Å²) in [5.41, 5.74) is 1.66. The van der Waals surface area contributed by atoms with Gasteiger partial charge in [-0.2, -0.15) is 0 Å². The topological polar surface area (TPSA) is 55.4 Å². The smallest absolute Gasteiger partial charge is 0.305 e. The number of rotatable bonds is 5. The second-order valence-electron chi connectivity index (χ2n) is 7.30. The van der Waals surface area contributed by atoms with Gasteiger partial charge in [0.2, 0.25) is 0 Å². The predicted molar refractivity (Wildman–Crippen MR) is 92.9 cm³/mol. The van der Waals surface area contributed by atoms with Crippen LogP contribution in [0.15, 0.2) is 6.07 Å². The Morgan fingerprint density at radius 3 is 2.78 bits per heavy atom. The summed E-state index contributed by atoms with van der Waals surface area (Å²) >= 11 is 1.62. The van der Waals surface area contributed by atoms with Crippen molar-refractivity contribution in [3.8, 4) is 0 Å². The van der Waals surface area contributed by atoms with Crippen LogP contribution in [0.5, 0.6) is 0 Å². The van der Waals surface area contributed by atoms with Crippen LogP contribution in [0, 0.1) is 11.3 Å². The summed E-state index contributed by atoms with van der Waals surface area (Å²) in [4.78, 5) is 25.4. The number of hydrogen-bond acceptors (Lipinski definition) is 4. The lowest BCUT2D eigenvalue weighted by molar-refractivity contribution is -0.140. The van der Waals surface area contributed by atoms with Crippen LogP contribution in [-0.4, -0.2) is 25.5 Å². The molecule has 1 heterocycles. The Morgan fingerprint density at radius 1 is 1.39 bits per heavy atom. The fraction of sp³-hybridized carbons (Fsp3) is 0.667. The van der Waals surface area contributed by atoms with Crippen molar-refractivity contribution >= 4 is 23.2 Å². The second kappa shape index (κ2) is 7.47. The molecule has 5 heteroatoms. The molecule has 23 heavy (non-hydrogen) atoms. The van der Waals surface area contributed by atoms with Crippen LogP contribution in [0.2, 0.25) is 0 Å². The van der Waals surface area contributed by atoms with E-state index in [9.17, 15) is 9.59 Å². The van der Waals surface area contributed by atoms with E-state index in [1.807, 2.05) is 0 Å². The van der Waals surface area contributed by atoms with Crippen LogP contribution in [0.4, 0.5) is 0 Å². The maximum atomic E-state index is 12.2. The van der Waals surface area contributed by atoms with Crippen LogP contribution in [0.3, 0.4) is 0 Å². The second-order valence-corrected chi connectivity index (χ2v) is 8.44. The lowest BCUT2D eigenvalue weighted by Gasteiger charge is -2.33. The number of hydrogen-bond donors (Lipinski definition) is 1. The molecule has 0 radical (unpaired) electrons. The first-order valence-corrected chi connectivity index (χ1v) is 9.09. The number of ether oxygens (including phenoxy) is 1. The maximum Gasteiger partial charge on any atom is 0.305 e. The van der Waals surface area contributed by atoms with Crippen LogP contribution in [0.1, 0.15) is 60.1 Å². The quantitative estimate of drug-likeness (QED) is 0.660. The zero-order valence-corrected chi connectivity index (χ0v) is 15.3. The molecule has 128 valence electrons. The van der Waals surface area contributed by atoms with Crippen molar-refractivity contribution in [2.45, 2.75) is 52.9 Å². The average Bonchev–Trinajstić information content (AvgIpc) is 2.93. The minimum absolute atomic E-state index is 0.0263. The van der Waals surface area contributed by atoms with Gasteiger partial charge in [-0.25, -0.2) is 0 Å². The molecule has 0 spiro atoms. The largest absolute Gasteiger partial charge is 0.469 e. The van der Waals surface area contributed by atoms with Crippen molar-refractivity contribution in [1.29, 1.82) is 0 Å². The summed E-state index contributed by atoms with van der Waals surface area (Å²) in [6.07, 6.45) is 4.31. The highest BCUT2D eigenvalue weighted by Gasteiger charge is 2.30. The molecular weight excluding hydrogens is 310 g/mol. The van der Waals surface area contributed by atoms with Gasteiger partial charge >= 0.3 is 5.97 Å². The van der Waals surface area contributed by atoms with Crippen LogP contribution in [-0.2, 0) is 22.4 Å². The van der Waals surface area contributed by atoms with Crippen molar-refractivity contribution in [3.05, 3.63) is 21.4 Å². The van der Waals surface area contributed by atoms with E-state index in [-0.39, 0.29) is 11.9 Å². The lowest BCUT2D eigenvalue weighted by atomic mass is 9.72. The summed E-state index contributed by atoms with van der Waals surface area (Å²) in [5.74, 6) is 0.418. The first-order valence-electron chi connectivity index (χ1n) is 8.28. The molecule has 0 saturated heterocycles. The molecule has 0 saturated carbocycles. The first kappa shape index (κ1) is 18.0. The van der Waals surface area contributed by atoms with E-state index in [1.165, 1.54) is 24.0 Å². The Kier molecular flexibility index (Phi) is 5.84. The number of aryl methyl sites for hydroxylation is 1. The molecular formula is C18H27NO3S. The summed E-state index contributed by atoms with van der Waals surface area (Å²) in [7, 11) is 1.38. The summed E-state index contributed by atoms with van der Waals surface area (Å²) in [6.45, 7) is 7.39. The molecule has 1 aliphatic rings. The Morgan fingerprint density at radius 2 is 2.13 bits per heavy atom. The molecule has 0 aliphatic heterocycles. The molecule has 1 aromatic rings. The Balaban J connectivity index is 1.89. The number of amides is 1.